The number of hydrogen-bond acceptors (Lipinski definition) is 1. The Morgan fingerprint density at radius 3 is 1.89 bits per heavy atom. The molecule has 98 valence electrons. The highest BCUT2D eigenvalue weighted by molar-refractivity contribution is 7.80. The van der Waals surface area contributed by atoms with E-state index < -0.39 is 11.3 Å². The predicted molar refractivity (Wildman–Crippen MR) is 80.9 cm³/mol. The van der Waals surface area contributed by atoms with Crippen LogP contribution in [-0.2, 0) is 11.3 Å². The maximum absolute atomic E-state index is 10.6. The van der Waals surface area contributed by atoms with Crippen LogP contribution in [0.3, 0.4) is 0 Å². The van der Waals surface area contributed by atoms with Gasteiger partial charge in [-0.1, -0.05) is 54.1 Å². The molecule has 2 rings (SSSR count). The molecule has 0 amide bonds. The van der Waals surface area contributed by atoms with Crippen LogP contribution >= 0.6 is 0 Å². The quantitative estimate of drug-likeness (QED) is 0.659. The zero-order valence-electron chi connectivity index (χ0n) is 10.5. The maximum Gasteiger partial charge on any atom is 0.259 e. The van der Waals surface area contributed by atoms with Crippen LogP contribution in [0.25, 0.3) is 12.2 Å². The minimum Gasteiger partial charge on any atom is -0.289 e. The molecule has 0 spiro atoms. The topological polar surface area (TPSA) is 49.3 Å². The lowest BCUT2D eigenvalue weighted by atomic mass is 10.1. The summed E-state index contributed by atoms with van der Waals surface area (Å²) in [6.07, 6.45) is 4.04. The molecule has 0 fully saturated rings. The Morgan fingerprint density at radius 2 is 1.42 bits per heavy atom. The average molecular weight is 273 g/mol. The molecule has 2 aromatic carbocycles. The van der Waals surface area contributed by atoms with Gasteiger partial charge in [-0.2, -0.15) is 0 Å². The van der Waals surface area contributed by atoms with Crippen molar-refractivity contribution >= 4 is 29.1 Å². The third kappa shape index (κ3) is 4.35. The average Bonchev–Trinajstić information content (AvgIpc) is 2.39. The summed E-state index contributed by atoms with van der Waals surface area (Å²) in [6.45, 7) is 2.06. The molecule has 0 aromatic heterocycles. The van der Waals surface area contributed by atoms with Crippen LogP contribution in [0.5, 0.6) is 0 Å². The molecule has 1 atom stereocenters. The molecule has 1 unspecified atom stereocenters. The molecule has 0 heterocycles. The van der Waals surface area contributed by atoms with Gasteiger partial charge in [0.05, 0.1) is 0 Å². The summed E-state index contributed by atoms with van der Waals surface area (Å²) in [6, 6.07) is 15.6. The summed E-state index contributed by atoms with van der Waals surface area (Å²) in [5.41, 5.74) is 4.04. The van der Waals surface area contributed by atoms with Crippen molar-refractivity contribution < 1.29 is 8.76 Å². The first-order valence-corrected chi connectivity index (χ1v) is 6.96. The smallest absolute Gasteiger partial charge is 0.259 e. The highest BCUT2D eigenvalue weighted by atomic mass is 32.2. The van der Waals surface area contributed by atoms with Crippen LogP contribution in [0, 0.1) is 6.92 Å². The standard InChI is InChI=1S/C15H15NO2S/c1-12-2-4-13(5-3-12)6-7-14-8-10-15(11-9-14)16-19(17)18/h2-11,16H,1H3,(H,17,18). The van der Waals surface area contributed by atoms with Gasteiger partial charge < -0.3 is 0 Å². The van der Waals surface area contributed by atoms with Gasteiger partial charge >= 0.3 is 0 Å². The van der Waals surface area contributed by atoms with Crippen LogP contribution in [0.2, 0.25) is 0 Å². The molecule has 2 N–H and O–H groups in total. The SMILES string of the molecule is Cc1ccc(C=Cc2ccc(NS(=O)O)cc2)cc1. The van der Waals surface area contributed by atoms with Gasteiger partial charge in [0.15, 0.2) is 0 Å². The molecule has 0 aliphatic rings. The van der Waals surface area contributed by atoms with Crippen molar-refractivity contribution in [3.05, 3.63) is 65.2 Å². The van der Waals surface area contributed by atoms with E-state index >= 15 is 0 Å². The second kappa shape index (κ2) is 6.31. The van der Waals surface area contributed by atoms with Crippen molar-refractivity contribution in [1.82, 2.24) is 0 Å². The van der Waals surface area contributed by atoms with E-state index in [0.717, 1.165) is 11.1 Å². The number of rotatable bonds is 4. The fourth-order valence-corrected chi connectivity index (χ4v) is 1.97. The van der Waals surface area contributed by atoms with Gasteiger partial charge in [-0.05, 0) is 30.2 Å². The van der Waals surface area contributed by atoms with Gasteiger partial charge in [-0.25, -0.2) is 4.21 Å². The normalized spacial score (nSPS) is 12.5. The van der Waals surface area contributed by atoms with Crippen molar-refractivity contribution in [1.29, 1.82) is 0 Å². The van der Waals surface area contributed by atoms with Crippen LogP contribution < -0.4 is 4.72 Å². The van der Waals surface area contributed by atoms with E-state index in [1.165, 1.54) is 5.56 Å². The molecule has 0 aliphatic carbocycles. The van der Waals surface area contributed by atoms with Gasteiger partial charge in [0.1, 0.15) is 0 Å². The Kier molecular flexibility index (Phi) is 4.49. The Hall–Kier alpha value is -1.91. The second-order valence-electron chi connectivity index (χ2n) is 4.22. The van der Waals surface area contributed by atoms with Gasteiger partial charge in [-0.3, -0.25) is 9.27 Å². The zero-order chi connectivity index (χ0) is 13.7. The summed E-state index contributed by atoms with van der Waals surface area (Å²) in [5, 5.41) is 0. The summed E-state index contributed by atoms with van der Waals surface area (Å²) < 4.78 is 21.7. The molecule has 19 heavy (non-hydrogen) atoms. The molecule has 0 radical (unpaired) electrons. The lowest BCUT2D eigenvalue weighted by Crippen LogP contribution is -2.01. The van der Waals surface area contributed by atoms with Gasteiger partial charge in [0, 0.05) is 5.69 Å². The highest BCUT2D eigenvalue weighted by Crippen LogP contribution is 2.13. The Balaban J connectivity index is 2.06. The summed E-state index contributed by atoms with van der Waals surface area (Å²) in [5.74, 6) is 0. The molecule has 2 aromatic rings. The lowest BCUT2D eigenvalue weighted by molar-refractivity contribution is 0.570. The summed E-state index contributed by atoms with van der Waals surface area (Å²) in [7, 11) is 0. The lowest BCUT2D eigenvalue weighted by Gasteiger charge is -2.01. The molecule has 0 bridgehead atoms. The van der Waals surface area contributed by atoms with Crippen molar-refractivity contribution in [3.63, 3.8) is 0 Å². The number of hydrogen-bond donors (Lipinski definition) is 2. The number of aryl methyl sites for hydroxylation is 1. The monoisotopic (exact) mass is 273 g/mol. The summed E-state index contributed by atoms with van der Waals surface area (Å²) >= 11 is -2.03. The van der Waals surface area contributed by atoms with E-state index in [2.05, 4.69) is 35.9 Å². The highest BCUT2D eigenvalue weighted by Gasteiger charge is 1.94. The van der Waals surface area contributed by atoms with Crippen molar-refractivity contribution in [2.24, 2.45) is 0 Å². The Morgan fingerprint density at radius 1 is 0.947 bits per heavy atom. The first-order chi connectivity index (χ1) is 9.13. The minimum atomic E-state index is -2.03. The molecule has 0 saturated carbocycles. The molecule has 4 heteroatoms. The fraction of sp³-hybridized carbons (Fsp3) is 0.0667. The molecular weight excluding hydrogens is 258 g/mol. The first-order valence-electron chi connectivity index (χ1n) is 5.86. The fourth-order valence-electron chi connectivity index (χ4n) is 1.63. The predicted octanol–water partition coefficient (Wildman–Crippen LogP) is 3.71. The van der Waals surface area contributed by atoms with Gasteiger partial charge in [-0.15, -0.1) is 0 Å². The van der Waals surface area contributed by atoms with Crippen LogP contribution in [0.1, 0.15) is 16.7 Å². The first kappa shape index (κ1) is 13.5. The van der Waals surface area contributed by atoms with E-state index in [1.54, 1.807) is 12.1 Å². The van der Waals surface area contributed by atoms with Crippen LogP contribution in [0.4, 0.5) is 5.69 Å². The van der Waals surface area contributed by atoms with Crippen molar-refractivity contribution in [2.45, 2.75) is 6.92 Å². The van der Waals surface area contributed by atoms with Crippen LogP contribution in [0.15, 0.2) is 48.5 Å². The minimum absolute atomic E-state index is 0.619. The third-order valence-electron chi connectivity index (χ3n) is 2.66. The molecule has 3 nitrogen and oxygen atoms in total. The molecule has 0 aliphatic heterocycles. The van der Waals surface area contributed by atoms with Crippen molar-refractivity contribution in [2.75, 3.05) is 4.72 Å². The van der Waals surface area contributed by atoms with E-state index in [0.29, 0.717) is 5.69 Å². The summed E-state index contributed by atoms with van der Waals surface area (Å²) in [4.78, 5) is 0. The third-order valence-corrected chi connectivity index (χ3v) is 3.07. The number of benzene rings is 2. The van der Waals surface area contributed by atoms with E-state index in [1.807, 2.05) is 24.3 Å². The van der Waals surface area contributed by atoms with Crippen molar-refractivity contribution in [3.8, 4) is 0 Å². The van der Waals surface area contributed by atoms with Gasteiger partial charge in [0.2, 0.25) is 0 Å². The largest absolute Gasteiger partial charge is 0.289 e. The van der Waals surface area contributed by atoms with E-state index in [4.69, 9.17) is 4.55 Å². The second-order valence-corrected chi connectivity index (χ2v) is 4.92. The Bertz CT molecular complexity index is 589. The van der Waals surface area contributed by atoms with E-state index in [-0.39, 0.29) is 0 Å². The Labute approximate surface area is 115 Å². The van der Waals surface area contributed by atoms with Gasteiger partial charge in [0.25, 0.3) is 11.3 Å². The molecular formula is C15H15NO2S. The van der Waals surface area contributed by atoms with Crippen LogP contribution in [-0.4, -0.2) is 8.76 Å². The van der Waals surface area contributed by atoms with E-state index in [9.17, 15) is 4.21 Å². The number of nitrogens with one attached hydrogen (secondary N) is 1. The maximum atomic E-state index is 10.6. The number of anilines is 1. The zero-order valence-corrected chi connectivity index (χ0v) is 11.4. The molecule has 0 saturated heterocycles.